The predicted molar refractivity (Wildman–Crippen MR) is 102 cm³/mol. The number of rotatable bonds is 4. The van der Waals surface area contributed by atoms with E-state index in [1.807, 2.05) is 0 Å². The summed E-state index contributed by atoms with van der Waals surface area (Å²) in [5, 5.41) is 8.12. The number of H-pyrrole nitrogens is 1. The number of aryl methyl sites for hydroxylation is 2. The van der Waals surface area contributed by atoms with Gasteiger partial charge >= 0.3 is 6.18 Å². The van der Waals surface area contributed by atoms with Crippen molar-refractivity contribution in [3.05, 3.63) is 64.3 Å². The third kappa shape index (κ3) is 4.28. The Hall–Kier alpha value is -2.85. The van der Waals surface area contributed by atoms with Crippen LogP contribution >= 0.6 is 0 Å². The van der Waals surface area contributed by atoms with E-state index in [-0.39, 0.29) is 17.1 Å². The summed E-state index contributed by atoms with van der Waals surface area (Å²) in [4.78, 5) is 15.4. The zero-order valence-electron chi connectivity index (χ0n) is 15.5. The second-order valence-electron chi connectivity index (χ2n) is 6.71. The van der Waals surface area contributed by atoms with Crippen molar-refractivity contribution < 1.29 is 26.4 Å². The summed E-state index contributed by atoms with van der Waals surface area (Å²) in [6.07, 6.45) is -4.47. The minimum absolute atomic E-state index is 0.000456. The molecule has 3 aromatic rings. The summed E-state index contributed by atoms with van der Waals surface area (Å²) in [5.74, 6) is -0.486. The second-order valence-corrected chi connectivity index (χ2v) is 8.24. The number of hydrogen-bond donors (Lipinski definition) is 3. The summed E-state index contributed by atoms with van der Waals surface area (Å²) in [6, 6.07) is 7.73. The highest BCUT2D eigenvalue weighted by atomic mass is 32.2. The van der Waals surface area contributed by atoms with Gasteiger partial charge in [0.1, 0.15) is 5.69 Å². The van der Waals surface area contributed by atoms with Crippen LogP contribution in [0, 0.1) is 13.8 Å². The van der Waals surface area contributed by atoms with Crippen molar-refractivity contribution in [1.82, 2.24) is 10.3 Å². The van der Waals surface area contributed by atoms with Crippen LogP contribution in [-0.2, 0) is 22.7 Å². The zero-order valence-corrected chi connectivity index (χ0v) is 16.3. The molecule has 4 N–H and O–H groups in total. The number of benzene rings is 2. The Bertz CT molecular complexity index is 1210. The third-order valence-corrected chi connectivity index (χ3v) is 5.68. The molecule has 29 heavy (non-hydrogen) atoms. The molecule has 0 spiro atoms. The van der Waals surface area contributed by atoms with Crippen molar-refractivity contribution in [3.8, 4) is 0 Å². The lowest BCUT2D eigenvalue weighted by Crippen LogP contribution is -2.24. The summed E-state index contributed by atoms with van der Waals surface area (Å²) in [7, 11) is -3.83. The molecule has 0 saturated carbocycles. The molecule has 154 valence electrons. The Morgan fingerprint density at radius 2 is 1.83 bits per heavy atom. The lowest BCUT2D eigenvalue weighted by atomic mass is 10.1. The standard InChI is InChI=1S/C19H18F3N3O3S/c1-10-7-12(3-6-16(10)29(23,27)28)9-24-18(26)17-11(2)14-8-13(19(20,21)22)4-5-15(14)25-17/h3-8,25H,9H2,1-2H3,(H,24,26)(H2,23,27,28). The number of aromatic amines is 1. The number of sulfonamides is 1. The van der Waals surface area contributed by atoms with E-state index in [9.17, 15) is 26.4 Å². The van der Waals surface area contributed by atoms with Gasteiger partial charge in [0, 0.05) is 17.4 Å². The van der Waals surface area contributed by atoms with Crippen LogP contribution in [0.15, 0.2) is 41.3 Å². The maximum Gasteiger partial charge on any atom is 0.416 e. The van der Waals surface area contributed by atoms with Crippen LogP contribution in [-0.4, -0.2) is 19.3 Å². The van der Waals surface area contributed by atoms with E-state index in [0.29, 0.717) is 27.6 Å². The molecule has 1 heterocycles. The van der Waals surface area contributed by atoms with E-state index in [2.05, 4.69) is 10.3 Å². The number of amides is 1. The monoisotopic (exact) mass is 425 g/mol. The van der Waals surface area contributed by atoms with Gasteiger partial charge in [-0.25, -0.2) is 13.6 Å². The van der Waals surface area contributed by atoms with Gasteiger partial charge in [0.15, 0.2) is 0 Å². The third-order valence-electron chi connectivity index (χ3n) is 4.61. The highest BCUT2D eigenvalue weighted by molar-refractivity contribution is 7.89. The van der Waals surface area contributed by atoms with Gasteiger partial charge in [-0.05, 0) is 54.8 Å². The van der Waals surface area contributed by atoms with Gasteiger partial charge in [0.25, 0.3) is 5.91 Å². The minimum atomic E-state index is -4.47. The van der Waals surface area contributed by atoms with E-state index in [1.54, 1.807) is 19.9 Å². The molecule has 1 amide bonds. The van der Waals surface area contributed by atoms with Crippen LogP contribution in [0.1, 0.15) is 32.7 Å². The quantitative estimate of drug-likeness (QED) is 0.597. The molecule has 0 aliphatic rings. The summed E-state index contributed by atoms with van der Waals surface area (Å²) in [6.45, 7) is 3.26. The van der Waals surface area contributed by atoms with E-state index >= 15 is 0 Å². The van der Waals surface area contributed by atoms with Crippen LogP contribution < -0.4 is 10.5 Å². The summed E-state index contributed by atoms with van der Waals surface area (Å²) in [5.41, 5.74) is 1.30. The average molecular weight is 425 g/mol. The van der Waals surface area contributed by atoms with Crippen LogP contribution in [0.2, 0.25) is 0 Å². The van der Waals surface area contributed by atoms with Gasteiger partial charge in [-0.3, -0.25) is 4.79 Å². The van der Waals surface area contributed by atoms with Crippen molar-refractivity contribution in [2.45, 2.75) is 31.5 Å². The van der Waals surface area contributed by atoms with Gasteiger partial charge in [0.2, 0.25) is 10.0 Å². The van der Waals surface area contributed by atoms with Crippen molar-refractivity contribution in [2.24, 2.45) is 5.14 Å². The first-order valence-corrected chi connectivity index (χ1v) is 10.0. The molecule has 6 nitrogen and oxygen atoms in total. The first kappa shape index (κ1) is 20.9. The Balaban J connectivity index is 1.82. The summed E-state index contributed by atoms with van der Waals surface area (Å²) >= 11 is 0. The lowest BCUT2D eigenvalue weighted by Gasteiger charge is -2.08. The van der Waals surface area contributed by atoms with Gasteiger partial charge in [0.05, 0.1) is 10.5 Å². The first-order valence-electron chi connectivity index (χ1n) is 8.48. The topological polar surface area (TPSA) is 105 Å². The number of alkyl halides is 3. The molecule has 0 bridgehead atoms. The maximum absolute atomic E-state index is 12.9. The van der Waals surface area contributed by atoms with Crippen molar-refractivity contribution in [1.29, 1.82) is 0 Å². The Kier molecular flexibility index (Phi) is 5.18. The molecule has 0 unspecified atom stereocenters. The Morgan fingerprint density at radius 1 is 1.14 bits per heavy atom. The molecule has 1 aromatic heterocycles. The minimum Gasteiger partial charge on any atom is -0.350 e. The van der Waals surface area contributed by atoms with Crippen molar-refractivity contribution >= 4 is 26.8 Å². The highest BCUT2D eigenvalue weighted by Gasteiger charge is 2.31. The Morgan fingerprint density at radius 3 is 2.41 bits per heavy atom. The number of aromatic nitrogens is 1. The number of primary sulfonamides is 1. The molecule has 0 fully saturated rings. The van der Waals surface area contributed by atoms with Crippen LogP contribution in [0.4, 0.5) is 13.2 Å². The molecule has 0 saturated heterocycles. The van der Waals surface area contributed by atoms with Crippen molar-refractivity contribution in [3.63, 3.8) is 0 Å². The fourth-order valence-corrected chi connectivity index (χ4v) is 3.91. The largest absolute Gasteiger partial charge is 0.416 e. The molecule has 2 aromatic carbocycles. The van der Waals surface area contributed by atoms with Crippen LogP contribution in [0.3, 0.4) is 0 Å². The molecule has 0 aliphatic heterocycles. The molecule has 10 heteroatoms. The number of carbonyl (C=O) groups excluding carboxylic acids is 1. The van der Waals surface area contributed by atoms with Crippen LogP contribution in [0.5, 0.6) is 0 Å². The van der Waals surface area contributed by atoms with Crippen LogP contribution in [0.25, 0.3) is 10.9 Å². The van der Waals surface area contributed by atoms with E-state index in [4.69, 9.17) is 5.14 Å². The first-order chi connectivity index (χ1) is 13.4. The number of hydrogen-bond acceptors (Lipinski definition) is 3. The van der Waals surface area contributed by atoms with Crippen molar-refractivity contribution in [2.75, 3.05) is 0 Å². The number of nitrogens with one attached hydrogen (secondary N) is 2. The maximum atomic E-state index is 12.9. The number of carbonyl (C=O) groups is 1. The second kappa shape index (κ2) is 7.20. The number of nitrogens with two attached hydrogens (primary N) is 1. The molecule has 0 aliphatic carbocycles. The fourth-order valence-electron chi connectivity index (χ4n) is 3.14. The smallest absolute Gasteiger partial charge is 0.350 e. The Labute approximate surface area is 165 Å². The zero-order chi connectivity index (χ0) is 21.6. The molecule has 3 rings (SSSR count). The van der Waals surface area contributed by atoms with E-state index in [0.717, 1.165) is 12.1 Å². The van der Waals surface area contributed by atoms with Gasteiger partial charge < -0.3 is 10.3 Å². The number of halogens is 3. The summed E-state index contributed by atoms with van der Waals surface area (Å²) < 4.78 is 61.7. The van der Waals surface area contributed by atoms with Gasteiger partial charge in [-0.1, -0.05) is 12.1 Å². The molecular weight excluding hydrogens is 407 g/mol. The normalized spacial score (nSPS) is 12.3. The van der Waals surface area contributed by atoms with E-state index < -0.39 is 27.7 Å². The molecule has 0 atom stereocenters. The van der Waals surface area contributed by atoms with Gasteiger partial charge in [-0.2, -0.15) is 13.2 Å². The highest BCUT2D eigenvalue weighted by Crippen LogP contribution is 2.33. The SMILES string of the molecule is Cc1cc(CNC(=O)c2[nH]c3ccc(C(F)(F)F)cc3c2C)ccc1S(N)(=O)=O. The van der Waals surface area contributed by atoms with E-state index in [1.165, 1.54) is 18.2 Å². The molecular formula is C19H18F3N3O3S. The lowest BCUT2D eigenvalue weighted by molar-refractivity contribution is -0.137. The fraction of sp³-hybridized carbons (Fsp3) is 0.211. The van der Waals surface area contributed by atoms with Gasteiger partial charge in [-0.15, -0.1) is 0 Å². The number of fused-ring (bicyclic) bond motifs is 1. The molecule has 0 radical (unpaired) electrons. The average Bonchev–Trinajstić information content (AvgIpc) is 2.94. The predicted octanol–water partition coefficient (Wildman–Crippen LogP) is 3.38.